The lowest BCUT2D eigenvalue weighted by Gasteiger charge is -2.25. The molecule has 1 saturated heterocycles. The number of hydrogen-bond acceptors (Lipinski definition) is 3. The van der Waals surface area contributed by atoms with Gasteiger partial charge in [0.25, 0.3) is 5.91 Å². The first-order chi connectivity index (χ1) is 8.75. The summed E-state index contributed by atoms with van der Waals surface area (Å²) in [4.78, 5) is 13.2. The van der Waals surface area contributed by atoms with Crippen LogP contribution in [0.2, 0.25) is 0 Å². The highest BCUT2D eigenvalue weighted by molar-refractivity contribution is 5.78. The predicted molar refractivity (Wildman–Crippen MR) is 69.4 cm³/mol. The molecule has 5 heteroatoms. The average Bonchev–Trinajstić information content (AvgIpc) is 2.40. The minimum atomic E-state index is 0.0400. The van der Waals surface area contributed by atoms with Gasteiger partial charge in [-0.3, -0.25) is 15.2 Å². The maximum Gasteiger partial charge on any atom is 0.293 e. The summed E-state index contributed by atoms with van der Waals surface area (Å²) in [6.45, 7) is 3.81. The molecule has 0 unspecified atom stereocenters. The molecule has 5 nitrogen and oxygen atoms in total. The van der Waals surface area contributed by atoms with E-state index >= 15 is 0 Å². The largest absolute Gasteiger partial charge is 0.370 e. The summed E-state index contributed by atoms with van der Waals surface area (Å²) in [7, 11) is 1.85. The van der Waals surface area contributed by atoms with Gasteiger partial charge in [-0.15, -0.1) is 0 Å². The second-order valence-corrected chi connectivity index (χ2v) is 4.47. The number of morpholine rings is 1. The van der Waals surface area contributed by atoms with Crippen molar-refractivity contribution in [3.8, 4) is 0 Å². The fraction of sp³-hybridized carbons (Fsp3) is 0.462. The third-order valence-corrected chi connectivity index (χ3v) is 3.05. The molecule has 1 aliphatic heterocycles. The van der Waals surface area contributed by atoms with Gasteiger partial charge in [-0.1, -0.05) is 18.2 Å². The van der Waals surface area contributed by atoms with Gasteiger partial charge in [0.05, 0.1) is 18.9 Å². The van der Waals surface area contributed by atoms with Gasteiger partial charge in [0.2, 0.25) is 0 Å². The molecule has 0 radical (unpaired) electrons. The topological polar surface area (TPSA) is 46.0 Å². The molecule has 1 aliphatic rings. The first-order valence-electron chi connectivity index (χ1n) is 6.25. The van der Waals surface area contributed by atoms with E-state index < -0.39 is 0 Å². The lowest BCUT2D eigenvalue weighted by Crippen LogP contribution is -3.15. The molecule has 1 amide bonds. The van der Waals surface area contributed by atoms with Crippen LogP contribution >= 0.6 is 0 Å². The van der Waals surface area contributed by atoms with Crippen molar-refractivity contribution in [2.24, 2.45) is 0 Å². The number of quaternary nitrogens is 1. The van der Waals surface area contributed by atoms with Crippen molar-refractivity contribution < 1.29 is 14.4 Å². The number of carbonyl (C=O) groups excluding carboxylic acids is 1. The summed E-state index contributed by atoms with van der Waals surface area (Å²) in [6.07, 6.45) is 0. The highest BCUT2D eigenvalue weighted by Gasteiger charge is 2.18. The van der Waals surface area contributed by atoms with Crippen LogP contribution in [0.3, 0.4) is 0 Å². The lowest BCUT2D eigenvalue weighted by atomic mass is 10.3. The molecule has 0 spiro atoms. The number of benzene rings is 1. The lowest BCUT2D eigenvalue weighted by molar-refractivity contribution is -0.900. The molecule has 1 fully saturated rings. The Morgan fingerprint density at radius 3 is 2.67 bits per heavy atom. The smallest absolute Gasteiger partial charge is 0.293 e. The summed E-state index contributed by atoms with van der Waals surface area (Å²) < 4.78 is 5.27. The molecule has 0 saturated carbocycles. The number of carbonyl (C=O) groups is 1. The minimum Gasteiger partial charge on any atom is -0.370 e. The predicted octanol–water partition coefficient (Wildman–Crippen LogP) is -0.931. The quantitative estimate of drug-likeness (QED) is 0.679. The fourth-order valence-electron chi connectivity index (χ4n) is 2.01. The van der Waals surface area contributed by atoms with Gasteiger partial charge < -0.3 is 9.64 Å². The zero-order chi connectivity index (χ0) is 12.8. The van der Waals surface area contributed by atoms with Crippen molar-refractivity contribution in [2.45, 2.75) is 0 Å². The van der Waals surface area contributed by atoms with Crippen molar-refractivity contribution >= 4 is 11.6 Å². The van der Waals surface area contributed by atoms with Gasteiger partial charge in [-0.2, -0.15) is 0 Å². The van der Waals surface area contributed by atoms with Crippen LogP contribution in [0.1, 0.15) is 0 Å². The monoisotopic (exact) mass is 250 g/mol. The van der Waals surface area contributed by atoms with Crippen LogP contribution in [0.15, 0.2) is 30.3 Å². The summed E-state index contributed by atoms with van der Waals surface area (Å²) in [5.41, 5.74) is 3.85. The molecule has 1 aromatic rings. The summed E-state index contributed by atoms with van der Waals surface area (Å²) in [5, 5.41) is 1.75. The number of anilines is 1. The second kappa shape index (κ2) is 6.37. The number of hydrogen-bond donors (Lipinski definition) is 2. The highest BCUT2D eigenvalue weighted by Crippen LogP contribution is 2.07. The van der Waals surface area contributed by atoms with Crippen LogP contribution in [-0.2, 0) is 9.53 Å². The van der Waals surface area contributed by atoms with Crippen LogP contribution in [0.4, 0.5) is 5.69 Å². The summed E-state index contributed by atoms with van der Waals surface area (Å²) in [5.74, 6) is 0.0400. The van der Waals surface area contributed by atoms with E-state index in [4.69, 9.17) is 4.74 Å². The van der Waals surface area contributed by atoms with Gasteiger partial charge in [0.1, 0.15) is 13.1 Å². The number of amides is 1. The van der Waals surface area contributed by atoms with Gasteiger partial charge in [0.15, 0.2) is 6.54 Å². The Balaban J connectivity index is 1.80. The molecule has 0 aliphatic carbocycles. The molecule has 0 bridgehead atoms. The van der Waals surface area contributed by atoms with E-state index in [0.29, 0.717) is 6.54 Å². The summed E-state index contributed by atoms with van der Waals surface area (Å²) in [6, 6.07) is 9.78. The molecular formula is C13H20N3O2+. The van der Waals surface area contributed by atoms with E-state index in [-0.39, 0.29) is 5.91 Å². The van der Waals surface area contributed by atoms with Crippen molar-refractivity contribution in [2.75, 3.05) is 44.9 Å². The second-order valence-electron chi connectivity index (χ2n) is 4.47. The van der Waals surface area contributed by atoms with Crippen LogP contribution in [0.5, 0.6) is 0 Å². The van der Waals surface area contributed by atoms with E-state index in [9.17, 15) is 4.79 Å². The Morgan fingerprint density at radius 2 is 2.00 bits per heavy atom. The van der Waals surface area contributed by atoms with E-state index in [0.717, 1.165) is 32.0 Å². The normalized spacial score (nSPS) is 16.3. The molecule has 98 valence electrons. The molecule has 1 heterocycles. The van der Waals surface area contributed by atoms with Gasteiger partial charge in [-0.25, -0.2) is 0 Å². The Labute approximate surface area is 107 Å². The average molecular weight is 250 g/mol. The van der Waals surface area contributed by atoms with Crippen LogP contribution in [0.25, 0.3) is 0 Å². The van der Waals surface area contributed by atoms with Crippen molar-refractivity contribution in [3.05, 3.63) is 30.3 Å². The maximum atomic E-state index is 11.9. The third-order valence-electron chi connectivity index (χ3n) is 3.05. The number of nitrogens with one attached hydrogen (secondary N) is 2. The maximum absolute atomic E-state index is 11.9. The molecule has 0 aromatic heterocycles. The number of nitrogens with zero attached hydrogens (tertiary/aromatic N) is 1. The first kappa shape index (κ1) is 12.9. The minimum absolute atomic E-state index is 0.0400. The molecular weight excluding hydrogens is 230 g/mol. The Hall–Kier alpha value is -1.59. The third kappa shape index (κ3) is 3.72. The SMILES string of the molecule is CN(NC(=O)C[NH+]1CCOCC1)c1ccccc1. The molecule has 0 atom stereocenters. The molecule has 2 N–H and O–H groups in total. The standard InChI is InChI=1S/C13H19N3O2/c1-15(12-5-3-2-4-6-12)14-13(17)11-16-7-9-18-10-8-16/h2-6H,7-11H2,1H3,(H,14,17)/p+1. The first-order valence-corrected chi connectivity index (χ1v) is 6.25. The number of hydrazine groups is 1. The van der Waals surface area contributed by atoms with Crippen LogP contribution in [0, 0.1) is 0 Å². The van der Waals surface area contributed by atoms with Gasteiger partial charge in [0, 0.05) is 7.05 Å². The Kier molecular flexibility index (Phi) is 4.55. The van der Waals surface area contributed by atoms with E-state index in [1.165, 1.54) is 4.90 Å². The number of ether oxygens (including phenoxy) is 1. The highest BCUT2D eigenvalue weighted by atomic mass is 16.5. The number of para-hydroxylation sites is 1. The summed E-state index contributed by atoms with van der Waals surface area (Å²) >= 11 is 0. The Bertz CT molecular complexity index is 377. The fourth-order valence-corrected chi connectivity index (χ4v) is 2.01. The van der Waals surface area contributed by atoms with Crippen molar-refractivity contribution in [3.63, 3.8) is 0 Å². The molecule has 1 aromatic carbocycles. The Morgan fingerprint density at radius 1 is 1.33 bits per heavy atom. The number of rotatable bonds is 4. The molecule has 18 heavy (non-hydrogen) atoms. The van der Waals surface area contributed by atoms with Crippen molar-refractivity contribution in [1.82, 2.24) is 5.43 Å². The van der Waals surface area contributed by atoms with Crippen LogP contribution in [-0.4, -0.2) is 45.8 Å². The van der Waals surface area contributed by atoms with E-state index in [1.54, 1.807) is 5.01 Å². The van der Waals surface area contributed by atoms with Crippen molar-refractivity contribution in [1.29, 1.82) is 0 Å². The van der Waals surface area contributed by atoms with Gasteiger partial charge in [-0.05, 0) is 12.1 Å². The molecule has 2 rings (SSSR count). The zero-order valence-electron chi connectivity index (χ0n) is 10.7. The van der Waals surface area contributed by atoms with Crippen LogP contribution < -0.4 is 15.3 Å². The zero-order valence-corrected chi connectivity index (χ0v) is 10.7. The van der Waals surface area contributed by atoms with Gasteiger partial charge >= 0.3 is 0 Å². The van der Waals surface area contributed by atoms with E-state index in [2.05, 4.69) is 5.43 Å². The van der Waals surface area contributed by atoms with E-state index in [1.807, 2.05) is 37.4 Å².